The molecule has 0 spiro atoms. The van der Waals surface area contributed by atoms with Crippen LogP contribution in [0.3, 0.4) is 0 Å². The van der Waals surface area contributed by atoms with Crippen LogP contribution < -0.4 is 0 Å². The van der Waals surface area contributed by atoms with E-state index in [1.807, 2.05) is 37.3 Å². The average molecular weight is 244 g/mol. The van der Waals surface area contributed by atoms with Gasteiger partial charge in [-0.15, -0.1) is 0 Å². The summed E-state index contributed by atoms with van der Waals surface area (Å²) in [5.41, 5.74) is 0.907. The molecule has 0 fully saturated rings. The number of rotatable bonds is 2. The van der Waals surface area contributed by atoms with Crippen molar-refractivity contribution in [1.82, 2.24) is 0 Å². The summed E-state index contributed by atoms with van der Waals surface area (Å²) in [4.78, 5) is 24.0. The molecule has 2 rings (SSSR count). The van der Waals surface area contributed by atoms with E-state index in [4.69, 9.17) is 4.74 Å². The quantitative estimate of drug-likeness (QED) is 0.750. The molecular formula is C15H16O3. The minimum Gasteiger partial charge on any atom is -0.468 e. The molecule has 94 valence electrons. The van der Waals surface area contributed by atoms with Crippen molar-refractivity contribution in [2.24, 2.45) is 0 Å². The van der Waals surface area contributed by atoms with Gasteiger partial charge in [0.1, 0.15) is 5.41 Å². The van der Waals surface area contributed by atoms with Crippen molar-refractivity contribution in [2.75, 3.05) is 7.11 Å². The Bertz CT molecular complexity index is 502. The summed E-state index contributed by atoms with van der Waals surface area (Å²) in [5, 5.41) is 0. The Kier molecular flexibility index (Phi) is 3.32. The number of hydrogen-bond donors (Lipinski definition) is 0. The first kappa shape index (κ1) is 12.6. The Balaban J connectivity index is 2.53. The van der Waals surface area contributed by atoms with Crippen LogP contribution in [0, 0.1) is 0 Å². The topological polar surface area (TPSA) is 43.4 Å². The van der Waals surface area contributed by atoms with Crippen LogP contribution >= 0.6 is 0 Å². The van der Waals surface area contributed by atoms with E-state index in [9.17, 15) is 9.59 Å². The highest BCUT2D eigenvalue weighted by atomic mass is 16.5. The van der Waals surface area contributed by atoms with Crippen LogP contribution in [0.1, 0.15) is 25.3 Å². The molecule has 0 unspecified atom stereocenters. The number of benzene rings is 1. The maximum atomic E-state index is 12.2. The summed E-state index contributed by atoms with van der Waals surface area (Å²) < 4.78 is 4.93. The normalized spacial score (nSPS) is 23.4. The van der Waals surface area contributed by atoms with E-state index in [0.717, 1.165) is 11.1 Å². The summed E-state index contributed by atoms with van der Waals surface area (Å²) in [5.74, 6) is -0.359. The second kappa shape index (κ2) is 4.77. The summed E-state index contributed by atoms with van der Waals surface area (Å²) in [6, 6.07) is 9.39. The van der Waals surface area contributed by atoms with Crippen LogP contribution in [0.25, 0.3) is 0 Å². The van der Waals surface area contributed by atoms with Gasteiger partial charge in [-0.2, -0.15) is 0 Å². The number of hydrogen-bond acceptors (Lipinski definition) is 3. The Morgan fingerprint density at radius 1 is 1.22 bits per heavy atom. The minimum absolute atomic E-state index is 0.0204. The Morgan fingerprint density at radius 2 is 1.89 bits per heavy atom. The van der Waals surface area contributed by atoms with E-state index in [1.54, 1.807) is 6.08 Å². The van der Waals surface area contributed by atoms with Gasteiger partial charge in [0.05, 0.1) is 7.11 Å². The number of ketones is 1. The van der Waals surface area contributed by atoms with Crippen molar-refractivity contribution in [3.05, 3.63) is 47.5 Å². The van der Waals surface area contributed by atoms with Gasteiger partial charge in [-0.3, -0.25) is 9.59 Å². The van der Waals surface area contributed by atoms with Gasteiger partial charge in [0.15, 0.2) is 5.78 Å². The van der Waals surface area contributed by atoms with E-state index < -0.39 is 5.41 Å². The highest BCUT2D eigenvalue weighted by Crippen LogP contribution is 2.39. The molecular weight excluding hydrogens is 228 g/mol. The number of ether oxygens (including phenoxy) is 1. The van der Waals surface area contributed by atoms with Crippen molar-refractivity contribution in [3.8, 4) is 0 Å². The predicted molar refractivity (Wildman–Crippen MR) is 68.1 cm³/mol. The third-order valence-electron chi connectivity index (χ3n) is 3.37. The molecule has 1 aliphatic carbocycles. The number of esters is 1. The van der Waals surface area contributed by atoms with Crippen LogP contribution in [0.2, 0.25) is 0 Å². The van der Waals surface area contributed by atoms with Crippen molar-refractivity contribution in [2.45, 2.75) is 25.2 Å². The number of carbonyl (C=O) groups is 2. The molecule has 1 atom stereocenters. The highest BCUT2D eigenvalue weighted by Gasteiger charge is 2.44. The van der Waals surface area contributed by atoms with E-state index in [1.165, 1.54) is 7.11 Å². The first-order chi connectivity index (χ1) is 8.58. The smallest absolute Gasteiger partial charge is 0.317 e. The molecule has 0 saturated carbocycles. The van der Waals surface area contributed by atoms with Crippen molar-refractivity contribution in [1.29, 1.82) is 0 Å². The van der Waals surface area contributed by atoms with Gasteiger partial charge in [0, 0.05) is 6.42 Å². The second-order valence-corrected chi connectivity index (χ2v) is 4.75. The SMILES string of the molecule is COC(=O)[C@@]1(c2ccccc2)CC(=O)C=C(C)C1. The molecule has 1 aliphatic rings. The van der Waals surface area contributed by atoms with E-state index in [0.29, 0.717) is 6.42 Å². The predicted octanol–water partition coefficient (Wildman–Crippen LogP) is 2.41. The fraction of sp³-hybridized carbons (Fsp3) is 0.333. The zero-order valence-corrected chi connectivity index (χ0v) is 10.6. The third kappa shape index (κ3) is 2.08. The molecule has 1 aromatic rings. The molecule has 0 bridgehead atoms. The lowest BCUT2D eigenvalue weighted by atomic mass is 9.69. The molecule has 0 heterocycles. The lowest BCUT2D eigenvalue weighted by molar-refractivity contribution is -0.149. The molecule has 0 aliphatic heterocycles. The largest absolute Gasteiger partial charge is 0.468 e. The maximum Gasteiger partial charge on any atom is 0.317 e. The number of allylic oxidation sites excluding steroid dienone is 2. The minimum atomic E-state index is -0.855. The molecule has 0 saturated heterocycles. The fourth-order valence-corrected chi connectivity index (χ4v) is 2.63. The molecule has 0 amide bonds. The van der Waals surface area contributed by atoms with Gasteiger partial charge >= 0.3 is 5.97 Å². The molecule has 18 heavy (non-hydrogen) atoms. The summed E-state index contributed by atoms with van der Waals surface area (Å²) in [6.07, 6.45) is 2.33. The van der Waals surface area contributed by atoms with E-state index in [-0.39, 0.29) is 18.2 Å². The van der Waals surface area contributed by atoms with Crippen LogP contribution in [0.15, 0.2) is 42.0 Å². The van der Waals surface area contributed by atoms with Gasteiger partial charge in [-0.05, 0) is 25.0 Å². The number of methoxy groups -OCH3 is 1. The third-order valence-corrected chi connectivity index (χ3v) is 3.37. The molecule has 1 aromatic carbocycles. The standard InChI is InChI=1S/C15H16O3/c1-11-8-13(16)10-15(9-11,14(17)18-2)12-6-4-3-5-7-12/h3-8H,9-10H2,1-2H3/t15-/m1/s1. The first-order valence-electron chi connectivity index (χ1n) is 5.92. The Labute approximate surface area is 106 Å². The lowest BCUT2D eigenvalue weighted by Crippen LogP contribution is -2.41. The summed E-state index contributed by atoms with van der Waals surface area (Å²) >= 11 is 0. The zero-order chi connectivity index (χ0) is 13.2. The summed E-state index contributed by atoms with van der Waals surface area (Å²) in [7, 11) is 1.37. The van der Waals surface area contributed by atoms with Crippen LogP contribution in [0.5, 0.6) is 0 Å². The first-order valence-corrected chi connectivity index (χ1v) is 5.92. The summed E-state index contributed by atoms with van der Waals surface area (Å²) in [6.45, 7) is 1.87. The van der Waals surface area contributed by atoms with Crippen LogP contribution in [0.4, 0.5) is 0 Å². The second-order valence-electron chi connectivity index (χ2n) is 4.75. The van der Waals surface area contributed by atoms with Gasteiger partial charge in [0.25, 0.3) is 0 Å². The lowest BCUT2D eigenvalue weighted by Gasteiger charge is -2.33. The molecule has 0 aromatic heterocycles. The van der Waals surface area contributed by atoms with E-state index in [2.05, 4.69) is 0 Å². The molecule has 0 N–H and O–H groups in total. The van der Waals surface area contributed by atoms with Gasteiger partial charge < -0.3 is 4.74 Å². The maximum absolute atomic E-state index is 12.2. The van der Waals surface area contributed by atoms with Crippen molar-refractivity contribution in [3.63, 3.8) is 0 Å². The Morgan fingerprint density at radius 3 is 2.44 bits per heavy atom. The van der Waals surface area contributed by atoms with E-state index >= 15 is 0 Å². The molecule has 3 heteroatoms. The van der Waals surface area contributed by atoms with Crippen LogP contribution in [-0.4, -0.2) is 18.9 Å². The van der Waals surface area contributed by atoms with Gasteiger partial charge in [0.2, 0.25) is 0 Å². The fourth-order valence-electron chi connectivity index (χ4n) is 2.63. The molecule has 0 radical (unpaired) electrons. The monoisotopic (exact) mass is 244 g/mol. The highest BCUT2D eigenvalue weighted by molar-refractivity contribution is 5.99. The molecule has 3 nitrogen and oxygen atoms in total. The number of carbonyl (C=O) groups excluding carboxylic acids is 2. The van der Waals surface area contributed by atoms with Gasteiger partial charge in [-0.25, -0.2) is 0 Å². The zero-order valence-electron chi connectivity index (χ0n) is 10.6. The average Bonchev–Trinajstić information content (AvgIpc) is 2.37. The van der Waals surface area contributed by atoms with Gasteiger partial charge in [-0.1, -0.05) is 35.9 Å². The Hall–Kier alpha value is -1.90. The van der Waals surface area contributed by atoms with Crippen molar-refractivity contribution < 1.29 is 14.3 Å². The van der Waals surface area contributed by atoms with Crippen molar-refractivity contribution >= 4 is 11.8 Å². The van der Waals surface area contributed by atoms with Crippen LogP contribution in [-0.2, 0) is 19.7 Å².